The fourth-order valence-electron chi connectivity index (χ4n) is 1.87. The molecule has 0 saturated heterocycles. The van der Waals surface area contributed by atoms with Gasteiger partial charge in [-0.2, -0.15) is 0 Å². The minimum Gasteiger partial charge on any atom is -0.383 e. The second-order valence-electron chi connectivity index (χ2n) is 4.47. The molecule has 0 bridgehead atoms. The van der Waals surface area contributed by atoms with Gasteiger partial charge in [0, 0.05) is 32.0 Å². The Labute approximate surface area is 121 Å². The molecule has 7 heteroatoms. The minimum absolute atomic E-state index is 0.209. The first-order chi connectivity index (χ1) is 9.53. The zero-order valence-corrected chi connectivity index (χ0v) is 13.0. The minimum atomic E-state index is -3.55. The van der Waals surface area contributed by atoms with Crippen LogP contribution in [-0.2, 0) is 14.8 Å². The summed E-state index contributed by atoms with van der Waals surface area (Å²) in [7, 11) is -1.99. The van der Waals surface area contributed by atoms with Crippen LogP contribution in [0.25, 0.3) is 0 Å². The number of nitrogens with one attached hydrogen (secondary N) is 2. The first kappa shape index (κ1) is 16.9. The molecule has 0 aliphatic heterocycles. The van der Waals surface area contributed by atoms with Gasteiger partial charge in [-0.1, -0.05) is 13.3 Å². The lowest BCUT2D eigenvalue weighted by molar-refractivity contribution is 0.171. The number of sulfonamides is 1. The molecule has 0 amide bonds. The fraction of sp³-hybridized carbons (Fsp3) is 0.615. The monoisotopic (exact) mass is 301 g/mol. The van der Waals surface area contributed by atoms with E-state index in [1.807, 2.05) is 13.8 Å². The summed E-state index contributed by atoms with van der Waals surface area (Å²) in [5, 5.41) is 3.00. The van der Waals surface area contributed by atoms with Gasteiger partial charge in [-0.05, 0) is 19.4 Å². The van der Waals surface area contributed by atoms with E-state index in [0.717, 1.165) is 12.8 Å². The number of methoxy groups -OCH3 is 1. The van der Waals surface area contributed by atoms with Crippen LogP contribution in [0.3, 0.4) is 0 Å². The third-order valence-corrected chi connectivity index (χ3v) is 4.24. The van der Waals surface area contributed by atoms with E-state index in [1.54, 1.807) is 7.11 Å². The number of anilines is 1. The molecular weight excluding hydrogens is 278 g/mol. The summed E-state index contributed by atoms with van der Waals surface area (Å²) in [5.41, 5.74) is 0. The highest BCUT2D eigenvalue weighted by Crippen LogP contribution is 2.14. The molecule has 0 aromatic carbocycles. The molecule has 0 saturated carbocycles. The van der Waals surface area contributed by atoms with Crippen molar-refractivity contribution in [1.29, 1.82) is 0 Å². The Hall–Kier alpha value is -1.18. The Kier molecular flexibility index (Phi) is 6.90. The largest absolute Gasteiger partial charge is 0.383 e. The molecule has 0 aliphatic carbocycles. The maximum absolute atomic E-state index is 12.3. The van der Waals surface area contributed by atoms with Crippen LogP contribution in [0.1, 0.15) is 26.7 Å². The van der Waals surface area contributed by atoms with Crippen LogP contribution in [0.2, 0.25) is 0 Å². The van der Waals surface area contributed by atoms with Crippen molar-refractivity contribution in [1.82, 2.24) is 9.71 Å². The van der Waals surface area contributed by atoms with Crippen molar-refractivity contribution < 1.29 is 13.2 Å². The Morgan fingerprint density at radius 1 is 1.40 bits per heavy atom. The molecular formula is C13H23N3O3S. The second-order valence-corrected chi connectivity index (χ2v) is 6.18. The van der Waals surface area contributed by atoms with Gasteiger partial charge in [0.25, 0.3) is 0 Å². The number of aromatic nitrogens is 1. The molecule has 0 spiro atoms. The fourth-order valence-corrected chi connectivity index (χ4v) is 3.14. The normalized spacial score (nSPS) is 13.2. The highest BCUT2D eigenvalue weighted by molar-refractivity contribution is 7.89. The highest BCUT2D eigenvalue weighted by atomic mass is 32.2. The molecule has 6 nitrogen and oxygen atoms in total. The highest BCUT2D eigenvalue weighted by Gasteiger charge is 2.20. The van der Waals surface area contributed by atoms with E-state index < -0.39 is 10.0 Å². The van der Waals surface area contributed by atoms with Crippen molar-refractivity contribution >= 4 is 15.8 Å². The van der Waals surface area contributed by atoms with Crippen molar-refractivity contribution in [2.75, 3.05) is 25.6 Å². The first-order valence-corrected chi connectivity index (χ1v) is 8.23. The van der Waals surface area contributed by atoms with Gasteiger partial charge in [0.1, 0.15) is 5.82 Å². The molecule has 0 fully saturated rings. The molecule has 1 unspecified atom stereocenters. The summed E-state index contributed by atoms with van der Waals surface area (Å²) in [5.74, 6) is 0.550. The SMILES string of the molecule is CCCC(COC)NS(=O)(=O)c1ccnc(NCC)c1. The number of rotatable bonds is 9. The average molecular weight is 301 g/mol. The summed E-state index contributed by atoms with van der Waals surface area (Å²) >= 11 is 0. The zero-order valence-electron chi connectivity index (χ0n) is 12.2. The number of nitrogens with zero attached hydrogens (tertiary/aromatic N) is 1. The van der Waals surface area contributed by atoms with Gasteiger partial charge in [0.2, 0.25) is 10.0 Å². The predicted octanol–water partition coefficient (Wildman–Crippen LogP) is 1.61. The number of pyridine rings is 1. The molecule has 114 valence electrons. The number of hydrogen-bond donors (Lipinski definition) is 2. The van der Waals surface area contributed by atoms with E-state index in [9.17, 15) is 8.42 Å². The average Bonchev–Trinajstić information content (AvgIpc) is 2.39. The molecule has 0 aliphatic rings. The van der Waals surface area contributed by atoms with Gasteiger partial charge >= 0.3 is 0 Å². The predicted molar refractivity (Wildman–Crippen MR) is 79.3 cm³/mol. The molecule has 1 heterocycles. The van der Waals surface area contributed by atoms with Crippen molar-refractivity contribution in [3.63, 3.8) is 0 Å². The van der Waals surface area contributed by atoms with Gasteiger partial charge in [-0.15, -0.1) is 0 Å². The van der Waals surface area contributed by atoms with E-state index in [2.05, 4.69) is 15.0 Å². The van der Waals surface area contributed by atoms with E-state index >= 15 is 0 Å². The van der Waals surface area contributed by atoms with Gasteiger partial charge in [-0.25, -0.2) is 18.1 Å². The molecule has 1 aromatic rings. The maximum Gasteiger partial charge on any atom is 0.241 e. The maximum atomic E-state index is 12.3. The third kappa shape index (κ3) is 5.07. The van der Waals surface area contributed by atoms with E-state index in [1.165, 1.54) is 18.3 Å². The standard InChI is InChI=1S/C13H23N3O3S/c1-4-6-11(10-19-3)16-20(17,18)12-7-8-15-13(9-12)14-5-2/h7-9,11,16H,4-6,10H2,1-3H3,(H,14,15). The van der Waals surface area contributed by atoms with Crippen LogP contribution < -0.4 is 10.0 Å². The Bertz CT molecular complexity index is 499. The molecule has 2 N–H and O–H groups in total. The Morgan fingerprint density at radius 3 is 2.75 bits per heavy atom. The van der Waals surface area contributed by atoms with Gasteiger partial charge in [0.15, 0.2) is 0 Å². The van der Waals surface area contributed by atoms with Crippen molar-refractivity contribution in [2.45, 2.75) is 37.6 Å². The van der Waals surface area contributed by atoms with E-state index in [-0.39, 0.29) is 10.9 Å². The van der Waals surface area contributed by atoms with Crippen LogP contribution in [0.5, 0.6) is 0 Å². The van der Waals surface area contributed by atoms with E-state index in [0.29, 0.717) is 19.0 Å². The van der Waals surface area contributed by atoms with Crippen LogP contribution in [-0.4, -0.2) is 39.7 Å². The van der Waals surface area contributed by atoms with Crippen molar-refractivity contribution in [3.05, 3.63) is 18.3 Å². The lowest BCUT2D eigenvalue weighted by Crippen LogP contribution is -2.37. The van der Waals surface area contributed by atoms with Gasteiger partial charge in [-0.3, -0.25) is 0 Å². The van der Waals surface area contributed by atoms with Crippen LogP contribution in [0.15, 0.2) is 23.2 Å². The molecule has 1 atom stereocenters. The molecule has 1 rings (SSSR count). The lowest BCUT2D eigenvalue weighted by Gasteiger charge is -2.17. The van der Waals surface area contributed by atoms with Crippen LogP contribution >= 0.6 is 0 Å². The molecule has 0 radical (unpaired) electrons. The number of hydrogen-bond acceptors (Lipinski definition) is 5. The summed E-state index contributed by atoms with van der Waals surface area (Å²) in [6.07, 6.45) is 3.10. The third-order valence-electron chi connectivity index (χ3n) is 2.73. The smallest absolute Gasteiger partial charge is 0.241 e. The Morgan fingerprint density at radius 2 is 2.15 bits per heavy atom. The molecule has 1 aromatic heterocycles. The summed E-state index contributed by atoms with van der Waals surface area (Å²) in [6, 6.07) is 2.80. The zero-order chi connectivity index (χ0) is 15.0. The number of ether oxygens (including phenoxy) is 1. The lowest BCUT2D eigenvalue weighted by atomic mass is 10.2. The topological polar surface area (TPSA) is 80.3 Å². The summed E-state index contributed by atoms with van der Waals surface area (Å²) in [6.45, 7) is 4.98. The second kappa shape index (κ2) is 8.18. The van der Waals surface area contributed by atoms with Crippen molar-refractivity contribution in [3.8, 4) is 0 Å². The van der Waals surface area contributed by atoms with Gasteiger partial charge in [0.05, 0.1) is 11.5 Å². The van der Waals surface area contributed by atoms with Crippen molar-refractivity contribution in [2.24, 2.45) is 0 Å². The quantitative estimate of drug-likeness (QED) is 0.724. The summed E-state index contributed by atoms with van der Waals surface area (Å²) in [4.78, 5) is 4.28. The van der Waals surface area contributed by atoms with E-state index in [4.69, 9.17) is 4.74 Å². The van der Waals surface area contributed by atoms with Crippen LogP contribution in [0.4, 0.5) is 5.82 Å². The van der Waals surface area contributed by atoms with Gasteiger partial charge < -0.3 is 10.1 Å². The Balaban J connectivity index is 2.88. The first-order valence-electron chi connectivity index (χ1n) is 6.74. The summed E-state index contributed by atoms with van der Waals surface area (Å²) < 4.78 is 32.4. The molecule has 20 heavy (non-hydrogen) atoms. The van der Waals surface area contributed by atoms with Crippen LogP contribution in [0, 0.1) is 0 Å².